The number of hydrogen-bond acceptors (Lipinski definition) is 3. The van der Waals surface area contributed by atoms with Gasteiger partial charge in [0.05, 0.1) is 13.2 Å². The first kappa shape index (κ1) is 18.1. The molecule has 2 atom stereocenters. The maximum absolute atomic E-state index is 6.50. The van der Waals surface area contributed by atoms with E-state index in [1.807, 2.05) is 6.07 Å². The molecule has 1 saturated heterocycles. The molecular formula is C21H24Cl2N2O. The zero-order chi connectivity index (χ0) is 18.3. The molecule has 0 spiro atoms. The normalized spacial score (nSPS) is 23.8. The van der Waals surface area contributed by atoms with Crippen LogP contribution in [0.3, 0.4) is 0 Å². The van der Waals surface area contributed by atoms with Gasteiger partial charge in [0.25, 0.3) is 0 Å². The number of hydrogen-bond donors (Lipinski definition) is 0. The van der Waals surface area contributed by atoms with E-state index in [0.717, 1.165) is 37.9 Å². The van der Waals surface area contributed by atoms with Gasteiger partial charge in [-0.15, -0.1) is 0 Å². The Bertz CT molecular complexity index is 811. The van der Waals surface area contributed by atoms with Gasteiger partial charge < -0.3 is 14.5 Å². The van der Waals surface area contributed by atoms with E-state index in [4.69, 9.17) is 27.9 Å². The van der Waals surface area contributed by atoms with E-state index >= 15 is 0 Å². The highest BCUT2D eigenvalue weighted by Gasteiger charge is 2.28. The highest BCUT2D eigenvalue weighted by molar-refractivity contribution is 6.35. The van der Waals surface area contributed by atoms with Crippen molar-refractivity contribution in [3.05, 3.63) is 63.1 Å². The first-order valence-corrected chi connectivity index (χ1v) is 9.89. The summed E-state index contributed by atoms with van der Waals surface area (Å²) in [6, 6.07) is 13.2. The van der Waals surface area contributed by atoms with Gasteiger partial charge in [-0.2, -0.15) is 0 Å². The quantitative estimate of drug-likeness (QED) is 0.732. The minimum Gasteiger partial charge on any atom is -0.377 e. The van der Waals surface area contributed by atoms with Gasteiger partial charge in [0.2, 0.25) is 0 Å². The van der Waals surface area contributed by atoms with Crippen molar-refractivity contribution in [1.82, 2.24) is 4.90 Å². The lowest BCUT2D eigenvalue weighted by Gasteiger charge is -2.37. The summed E-state index contributed by atoms with van der Waals surface area (Å²) in [5.74, 6) is 0.274. The van der Waals surface area contributed by atoms with Crippen LogP contribution in [0.15, 0.2) is 36.4 Å². The molecule has 2 heterocycles. The van der Waals surface area contributed by atoms with Crippen LogP contribution in [0.5, 0.6) is 0 Å². The number of ether oxygens (including phenoxy) is 1. The molecule has 2 aliphatic heterocycles. The molecular weight excluding hydrogens is 367 g/mol. The second-order valence-electron chi connectivity index (χ2n) is 7.42. The van der Waals surface area contributed by atoms with Crippen molar-refractivity contribution in [3.8, 4) is 0 Å². The van der Waals surface area contributed by atoms with Crippen molar-refractivity contribution in [3.63, 3.8) is 0 Å². The average molecular weight is 391 g/mol. The average Bonchev–Trinajstić information content (AvgIpc) is 2.62. The van der Waals surface area contributed by atoms with E-state index in [9.17, 15) is 0 Å². The third kappa shape index (κ3) is 3.46. The highest BCUT2D eigenvalue weighted by atomic mass is 35.5. The third-order valence-corrected chi connectivity index (χ3v) is 6.02. The van der Waals surface area contributed by atoms with Crippen LogP contribution in [-0.2, 0) is 11.3 Å². The van der Waals surface area contributed by atoms with E-state index in [2.05, 4.69) is 54.1 Å². The molecule has 0 amide bonds. The van der Waals surface area contributed by atoms with E-state index in [1.54, 1.807) is 0 Å². The fourth-order valence-electron chi connectivity index (χ4n) is 4.16. The lowest BCUT2D eigenvalue weighted by atomic mass is 9.84. The molecule has 0 radical (unpaired) electrons. The lowest BCUT2D eigenvalue weighted by molar-refractivity contribution is 0.0989. The highest BCUT2D eigenvalue weighted by Crippen LogP contribution is 2.39. The van der Waals surface area contributed by atoms with Gasteiger partial charge in [-0.05, 0) is 54.9 Å². The molecule has 138 valence electrons. The van der Waals surface area contributed by atoms with Gasteiger partial charge in [0.1, 0.15) is 0 Å². The van der Waals surface area contributed by atoms with Gasteiger partial charge >= 0.3 is 0 Å². The Balaban J connectivity index is 1.73. The van der Waals surface area contributed by atoms with Crippen molar-refractivity contribution < 1.29 is 4.74 Å². The lowest BCUT2D eigenvalue weighted by Crippen LogP contribution is -2.43. The minimum atomic E-state index is 0.274. The van der Waals surface area contributed by atoms with E-state index in [0.29, 0.717) is 11.1 Å². The van der Waals surface area contributed by atoms with Crippen LogP contribution in [0, 0.1) is 0 Å². The molecule has 0 aromatic heterocycles. The molecule has 5 heteroatoms. The largest absolute Gasteiger partial charge is 0.377 e. The zero-order valence-electron chi connectivity index (χ0n) is 15.2. The Morgan fingerprint density at radius 2 is 2.00 bits per heavy atom. The summed E-state index contributed by atoms with van der Waals surface area (Å²) >= 11 is 12.8. The molecule has 2 aliphatic rings. The SMILES string of the molecule is CC1COCCN1c1cccc(C2CN(C)Cc3c(Cl)cc(Cl)cc32)c1. The summed E-state index contributed by atoms with van der Waals surface area (Å²) in [7, 11) is 2.15. The van der Waals surface area contributed by atoms with Crippen LogP contribution in [-0.4, -0.2) is 44.3 Å². The van der Waals surface area contributed by atoms with Gasteiger partial charge in [0, 0.05) is 47.3 Å². The molecule has 2 unspecified atom stereocenters. The molecule has 3 nitrogen and oxygen atoms in total. The van der Waals surface area contributed by atoms with E-state index < -0.39 is 0 Å². The van der Waals surface area contributed by atoms with Crippen molar-refractivity contribution in [2.24, 2.45) is 0 Å². The van der Waals surface area contributed by atoms with E-state index in [1.165, 1.54) is 22.4 Å². The number of likely N-dealkylation sites (N-methyl/N-ethyl adjacent to an activating group) is 1. The maximum atomic E-state index is 6.50. The Hall–Kier alpha value is -1.26. The molecule has 0 aliphatic carbocycles. The third-order valence-electron chi connectivity index (χ3n) is 5.46. The molecule has 26 heavy (non-hydrogen) atoms. The number of halogens is 2. The zero-order valence-corrected chi connectivity index (χ0v) is 16.7. The Morgan fingerprint density at radius 1 is 1.15 bits per heavy atom. The predicted octanol–water partition coefficient (Wildman–Crippen LogP) is 4.80. The second-order valence-corrected chi connectivity index (χ2v) is 8.26. The van der Waals surface area contributed by atoms with Crippen molar-refractivity contribution in [1.29, 1.82) is 0 Å². The molecule has 4 rings (SSSR count). The number of morpholine rings is 1. The number of benzene rings is 2. The summed E-state index contributed by atoms with van der Waals surface area (Å²) in [5.41, 5.74) is 5.03. The molecule has 2 aromatic carbocycles. The first-order chi connectivity index (χ1) is 12.5. The summed E-state index contributed by atoms with van der Waals surface area (Å²) in [5, 5.41) is 1.48. The monoisotopic (exact) mass is 390 g/mol. The number of rotatable bonds is 2. The summed E-state index contributed by atoms with van der Waals surface area (Å²) in [4.78, 5) is 4.77. The maximum Gasteiger partial charge on any atom is 0.0668 e. The molecule has 0 saturated carbocycles. The fraction of sp³-hybridized carbons (Fsp3) is 0.429. The topological polar surface area (TPSA) is 15.7 Å². The van der Waals surface area contributed by atoms with Crippen LogP contribution < -0.4 is 4.90 Å². The van der Waals surface area contributed by atoms with Crippen LogP contribution in [0.4, 0.5) is 5.69 Å². The summed E-state index contributed by atoms with van der Waals surface area (Å²) < 4.78 is 5.59. The van der Waals surface area contributed by atoms with E-state index in [-0.39, 0.29) is 5.92 Å². The first-order valence-electron chi connectivity index (χ1n) is 9.13. The Kier molecular flexibility index (Phi) is 5.15. The van der Waals surface area contributed by atoms with Gasteiger partial charge in [-0.3, -0.25) is 0 Å². The Morgan fingerprint density at radius 3 is 2.81 bits per heavy atom. The molecule has 0 bridgehead atoms. The second kappa shape index (κ2) is 7.40. The van der Waals surface area contributed by atoms with Crippen LogP contribution in [0.25, 0.3) is 0 Å². The predicted molar refractivity (Wildman–Crippen MR) is 109 cm³/mol. The van der Waals surface area contributed by atoms with Crippen molar-refractivity contribution in [2.75, 3.05) is 38.3 Å². The number of fused-ring (bicyclic) bond motifs is 1. The number of anilines is 1. The minimum absolute atomic E-state index is 0.274. The summed E-state index contributed by atoms with van der Waals surface area (Å²) in [6.07, 6.45) is 0. The number of nitrogens with zero attached hydrogens (tertiary/aromatic N) is 2. The van der Waals surface area contributed by atoms with Gasteiger partial charge in [-0.25, -0.2) is 0 Å². The molecule has 1 fully saturated rings. The smallest absolute Gasteiger partial charge is 0.0668 e. The van der Waals surface area contributed by atoms with Crippen molar-refractivity contribution >= 4 is 28.9 Å². The van der Waals surface area contributed by atoms with Crippen LogP contribution >= 0.6 is 23.2 Å². The molecule has 2 aromatic rings. The van der Waals surface area contributed by atoms with Crippen LogP contribution in [0.2, 0.25) is 10.0 Å². The van der Waals surface area contributed by atoms with Gasteiger partial charge in [-0.1, -0.05) is 35.3 Å². The fourth-order valence-corrected chi connectivity index (χ4v) is 4.73. The Labute approximate surface area is 165 Å². The van der Waals surface area contributed by atoms with Crippen molar-refractivity contribution in [2.45, 2.75) is 25.4 Å². The summed E-state index contributed by atoms with van der Waals surface area (Å²) in [6.45, 7) is 6.55. The van der Waals surface area contributed by atoms with Gasteiger partial charge in [0.15, 0.2) is 0 Å². The molecule has 0 N–H and O–H groups in total. The standard InChI is InChI=1S/C21H24Cl2N2O/c1-14-13-26-7-6-25(14)17-5-3-4-15(8-17)19-11-24(2)12-20-18(19)9-16(22)10-21(20)23/h3-5,8-10,14,19H,6-7,11-13H2,1-2H3. The van der Waals surface area contributed by atoms with Crippen LogP contribution in [0.1, 0.15) is 29.5 Å².